The van der Waals surface area contributed by atoms with Gasteiger partial charge in [0.25, 0.3) is 0 Å². The molecule has 1 rings (SSSR count). The van der Waals surface area contributed by atoms with Crippen LogP contribution in [0.15, 0.2) is 18.2 Å². The Morgan fingerprint density at radius 1 is 1.38 bits per heavy atom. The summed E-state index contributed by atoms with van der Waals surface area (Å²) in [6.07, 6.45) is 0. The highest BCUT2D eigenvalue weighted by Gasteiger charge is 2.09. The van der Waals surface area contributed by atoms with Crippen molar-refractivity contribution in [3.05, 3.63) is 23.8 Å². The summed E-state index contributed by atoms with van der Waals surface area (Å²) in [6.45, 7) is 5.87. The molecule has 0 saturated carbocycles. The molecule has 2 N–H and O–H groups in total. The van der Waals surface area contributed by atoms with Gasteiger partial charge in [0.1, 0.15) is 5.75 Å². The lowest BCUT2D eigenvalue weighted by molar-refractivity contribution is 0.407. The van der Waals surface area contributed by atoms with Crippen LogP contribution in [0.5, 0.6) is 5.75 Å². The van der Waals surface area contributed by atoms with Gasteiger partial charge in [0.05, 0.1) is 7.11 Å². The number of nitrogens with two attached hydrogens (primary N) is 1. The molecular weight excluding hydrogens is 200 g/mol. The van der Waals surface area contributed by atoms with E-state index in [0.717, 1.165) is 12.3 Å². The topological polar surface area (TPSA) is 38.5 Å². The van der Waals surface area contributed by atoms with Gasteiger partial charge in [-0.25, -0.2) is 0 Å². The Bertz CT molecular complexity index is 337. The SMILES string of the molecule is COc1ccc(N(C)CCN)cc1C(C)C. The maximum absolute atomic E-state index is 5.55. The Kier molecular flexibility index (Phi) is 4.62. The van der Waals surface area contributed by atoms with Crippen molar-refractivity contribution in [1.29, 1.82) is 0 Å². The van der Waals surface area contributed by atoms with E-state index in [9.17, 15) is 0 Å². The van der Waals surface area contributed by atoms with E-state index >= 15 is 0 Å². The van der Waals surface area contributed by atoms with Gasteiger partial charge in [-0.3, -0.25) is 0 Å². The van der Waals surface area contributed by atoms with E-state index in [0.29, 0.717) is 12.5 Å². The fourth-order valence-corrected chi connectivity index (χ4v) is 1.73. The molecule has 0 saturated heterocycles. The van der Waals surface area contributed by atoms with Crippen molar-refractivity contribution in [3.63, 3.8) is 0 Å². The minimum Gasteiger partial charge on any atom is -0.496 e. The molecule has 0 atom stereocenters. The van der Waals surface area contributed by atoms with Gasteiger partial charge in [0.2, 0.25) is 0 Å². The molecule has 0 aliphatic heterocycles. The van der Waals surface area contributed by atoms with Crippen LogP contribution in [0.25, 0.3) is 0 Å². The highest BCUT2D eigenvalue weighted by atomic mass is 16.5. The van der Waals surface area contributed by atoms with Crippen LogP contribution in [0.4, 0.5) is 5.69 Å². The molecule has 0 fully saturated rings. The van der Waals surface area contributed by atoms with Gasteiger partial charge in [-0.15, -0.1) is 0 Å². The van der Waals surface area contributed by atoms with E-state index in [2.05, 4.69) is 37.9 Å². The average Bonchev–Trinajstić information content (AvgIpc) is 2.28. The molecule has 0 heterocycles. The predicted octanol–water partition coefficient (Wildman–Crippen LogP) is 2.21. The minimum atomic E-state index is 0.459. The van der Waals surface area contributed by atoms with Gasteiger partial charge in [-0.2, -0.15) is 0 Å². The quantitative estimate of drug-likeness (QED) is 0.830. The Morgan fingerprint density at radius 2 is 2.06 bits per heavy atom. The highest BCUT2D eigenvalue weighted by Crippen LogP contribution is 2.30. The molecular formula is C13H22N2O. The van der Waals surface area contributed by atoms with Gasteiger partial charge in [0.15, 0.2) is 0 Å². The van der Waals surface area contributed by atoms with Crippen LogP contribution in [-0.4, -0.2) is 27.2 Å². The van der Waals surface area contributed by atoms with Gasteiger partial charge < -0.3 is 15.4 Å². The van der Waals surface area contributed by atoms with Crippen molar-refractivity contribution in [2.45, 2.75) is 19.8 Å². The molecule has 0 unspecified atom stereocenters. The number of nitrogens with zero attached hydrogens (tertiary/aromatic N) is 1. The smallest absolute Gasteiger partial charge is 0.122 e. The molecule has 3 heteroatoms. The molecule has 0 bridgehead atoms. The van der Waals surface area contributed by atoms with Crippen LogP contribution in [0.1, 0.15) is 25.3 Å². The summed E-state index contributed by atoms with van der Waals surface area (Å²) < 4.78 is 5.36. The third-order valence-electron chi connectivity index (χ3n) is 2.74. The van der Waals surface area contributed by atoms with Crippen molar-refractivity contribution in [3.8, 4) is 5.75 Å². The van der Waals surface area contributed by atoms with Crippen molar-refractivity contribution < 1.29 is 4.74 Å². The first kappa shape index (κ1) is 12.8. The molecule has 1 aromatic rings. The van der Waals surface area contributed by atoms with Gasteiger partial charge in [0, 0.05) is 25.8 Å². The van der Waals surface area contributed by atoms with Crippen LogP contribution in [0.2, 0.25) is 0 Å². The van der Waals surface area contributed by atoms with Crippen LogP contribution in [-0.2, 0) is 0 Å². The molecule has 0 aliphatic carbocycles. The van der Waals surface area contributed by atoms with E-state index in [1.165, 1.54) is 11.3 Å². The lowest BCUT2D eigenvalue weighted by Gasteiger charge is -2.21. The van der Waals surface area contributed by atoms with E-state index in [1.807, 2.05) is 6.07 Å². The number of likely N-dealkylation sites (N-methyl/N-ethyl adjacent to an activating group) is 1. The van der Waals surface area contributed by atoms with E-state index in [4.69, 9.17) is 10.5 Å². The van der Waals surface area contributed by atoms with Crippen molar-refractivity contribution >= 4 is 5.69 Å². The summed E-state index contributed by atoms with van der Waals surface area (Å²) in [6, 6.07) is 6.28. The Morgan fingerprint density at radius 3 is 2.56 bits per heavy atom. The monoisotopic (exact) mass is 222 g/mol. The van der Waals surface area contributed by atoms with Crippen molar-refractivity contribution in [2.75, 3.05) is 32.1 Å². The summed E-state index contributed by atoms with van der Waals surface area (Å²) in [7, 11) is 3.77. The third kappa shape index (κ3) is 2.89. The van der Waals surface area contributed by atoms with Gasteiger partial charge in [-0.05, 0) is 29.7 Å². The largest absolute Gasteiger partial charge is 0.496 e. The Balaban J connectivity index is 3.01. The van der Waals surface area contributed by atoms with Crippen molar-refractivity contribution in [2.24, 2.45) is 5.73 Å². The molecule has 0 aliphatic rings. The zero-order chi connectivity index (χ0) is 12.1. The van der Waals surface area contributed by atoms with E-state index in [1.54, 1.807) is 7.11 Å². The minimum absolute atomic E-state index is 0.459. The number of methoxy groups -OCH3 is 1. The predicted molar refractivity (Wildman–Crippen MR) is 69.4 cm³/mol. The second-order valence-corrected chi connectivity index (χ2v) is 4.29. The van der Waals surface area contributed by atoms with E-state index < -0.39 is 0 Å². The van der Waals surface area contributed by atoms with Crippen LogP contribution in [0, 0.1) is 0 Å². The first-order valence-electron chi connectivity index (χ1n) is 5.69. The van der Waals surface area contributed by atoms with Gasteiger partial charge >= 0.3 is 0 Å². The first-order chi connectivity index (χ1) is 7.60. The van der Waals surface area contributed by atoms with Crippen LogP contribution < -0.4 is 15.4 Å². The average molecular weight is 222 g/mol. The highest BCUT2D eigenvalue weighted by molar-refractivity contribution is 5.53. The number of benzene rings is 1. The second-order valence-electron chi connectivity index (χ2n) is 4.29. The Labute approximate surface area is 98.2 Å². The summed E-state index contributed by atoms with van der Waals surface area (Å²) >= 11 is 0. The fourth-order valence-electron chi connectivity index (χ4n) is 1.73. The second kappa shape index (κ2) is 5.75. The standard InChI is InChI=1S/C13H22N2O/c1-10(2)12-9-11(15(3)8-7-14)5-6-13(12)16-4/h5-6,9-10H,7-8,14H2,1-4H3. The zero-order valence-electron chi connectivity index (χ0n) is 10.7. The molecule has 90 valence electrons. The van der Waals surface area contributed by atoms with Crippen LogP contribution >= 0.6 is 0 Å². The molecule has 0 aromatic heterocycles. The maximum Gasteiger partial charge on any atom is 0.122 e. The molecule has 0 amide bonds. The number of hydrogen-bond donors (Lipinski definition) is 1. The summed E-state index contributed by atoms with van der Waals surface area (Å²) in [5.74, 6) is 1.42. The molecule has 1 aromatic carbocycles. The van der Waals surface area contributed by atoms with Crippen LogP contribution in [0.3, 0.4) is 0 Å². The normalized spacial score (nSPS) is 10.6. The summed E-state index contributed by atoms with van der Waals surface area (Å²) in [4.78, 5) is 2.16. The summed E-state index contributed by atoms with van der Waals surface area (Å²) in [5.41, 5.74) is 7.98. The third-order valence-corrected chi connectivity index (χ3v) is 2.74. The zero-order valence-corrected chi connectivity index (χ0v) is 10.7. The number of hydrogen-bond acceptors (Lipinski definition) is 3. The maximum atomic E-state index is 5.55. The molecule has 3 nitrogen and oxygen atoms in total. The number of anilines is 1. The fraction of sp³-hybridized carbons (Fsp3) is 0.538. The molecule has 16 heavy (non-hydrogen) atoms. The van der Waals surface area contributed by atoms with E-state index in [-0.39, 0.29) is 0 Å². The number of ether oxygens (including phenoxy) is 1. The lowest BCUT2D eigenvalue weighted by Crippen LogP contribution is -2.25. The lowest BCUT2D eigenvalue weighted by atomic mass is 10.0. The molecule has 0 spiro atoms. The number of rotatable bonds is 5. The van der Waals surface area contributed by atoms with Gasteiger partial charge in [-0.1, -0.05) is 13.8 Å². The molecule has 0 radical (unpaired) electrons. The Hall–Kier alpha value is -1.22. The first-order valence-corrected chi connectivity index (χ1v) is 5.69. The van der Waals surface area contributed by atoms with Crippen molar-refractivity contribution in [1.82, 2.24) is 0 Å². The summed E-state index contributed by atoms with van der Waals surface area (Å²) in [5, 5.41) is 0.